The van der Waals surface area contributed by atoms with Crippen LogP contribution in [0.25, 0.3) is 0 Å². The Balaban J connectivity index is 2.58. The first-order valence-electron chi connectivity index (χ1n) is 8.22. The number of pyridine rings is 1. The molecule has 0 aliphatic heterocycles. The van der Waals surface area contributed by atoms with Crippen molar-refractivity contribution in [2.24, 2.45) is 5.73 Å². The van der Waals surface area contributed by atoms with Crippen molar-refractivity contribution in [2.75, 3.05) is 0 Å². The number of hydrogen-bond acceptors (Lipinski definition) is 3. The zero-order chi connectivity index (χ0) is 18.1. The van der Waals surface area contributed by atoms with Crippen LogP contribution in [-0.4, -0.2) is 10.9 Å². The normalized spacial score (nSPS) is 11.4. The molecule has 4 heteroatoms. The van der Waals surface area contributed by atoms with Crippen molar-refractivity contribution in [3.63, 3.8) is 0 Å². The number of amides is 1. The molecule has 0 radical (unpaired) electrons. The second-order valence-electron chi connectivity index (χ2n) is 7.19. The number of carbonyl (C=O) groups excluding carboxylic acids is 1. The zero-order valence-corrected chi connectivity index (χ0v) is 15.4. The van der Waals surface area contributed by atoms with Gasteiger partial charge in [-0.1, -0.05) is 45.4 Å². The van der Waals surface area contributed by atoms with Crippen LogP contribution in [0, 0.1) is 13.8 Å². The van der Waals surface area contributed by atoms with Gasteiger partial charge in [0, 0.05) is 11.1 Å². The summed E-state index contributed by atoms with van der Waals surface area (Å²) in [4.78, 5) is 16.3. The van der Waals surface area contributed by atoms with E-state index in [1.165, 1.54) is 5.56 Å². The summed E-state index contributed by atoms with van der Waals surface area (Å²) in [6.07, 6.45) is 0.836. The Morgan fingerprint density at radius 1 is 1.21 bits per heavy atom. The number of carbonyl (C=O) groups is 1. The van der Waals surface area contributed by atoms with E-state index in [9.17, 15) is 4.79 Å². The van der Waals surface area contributed by atoms with Crippen molar-refractivity contribution in [1.82, 2.24) is 4.98 Å². The van der Waals surface area contributed by atoms with Gasteiger partial charge in [-0.25, -0.2) is 4.98 Å². The molecule has 0 saturated carbocycles. The highest BCUT2D eigenvalue weighted by molar-refractivity contribution is 5.95. The molecular formula is C20H26N2O2. The van der Waals surface area contributed by atoms with Gasteiger partial charge in [0.1, 0.15) is 11.3 Å². The van der Waals surface area contributed by atoms with E-state index in [1.807, 2.05) is 13.0 Å². The van der Waals surface area contributed by atoms with Gasteiger partial charge < -0.3 is 10.5 Å². The third kappa shape index (κ3) is 3.75. The SMILES string of the molecule is CCc1cc(C)cc(C)c1Oc1nc(C(C)(C)C)ccc1C(N)=O. The van der Waals surface area contributed by atoms with Crippen LogP contribution in [0.4, 0.5) is 0 Å². The summed E-state index contributed by atoms with van der Waals surface area (Å²) in [6, 6.07) is 7.68. The number of benzene rings is 1. The lowest BCUT2D eigenvalue weighted by molar-refractivity contribution is 0.0997. The molecule has 1 amide bonds. The predicted octanol–water partition coefficient (Wildman–Crippen LogP) is 4.45. The van der Waals surface area contributed by atoms with E-state index in [0.717, 1.165) is 29.0 Å². The maximum absolute atomic E-state index is 11.8. The zero-order valence-electron chi connectivity index (χ0n) is 15.4. The van der Waals surface area contributed by atoms with Gasteiger partial charge >= 0.3 is 0 Å². The van der Waals surface area contributed by atoms with Crippen molar-refractivity contribution in [1.29, 1.82) is 0 Å². The second-order valence-corrected chi connectivity index (χ2v) is 7.19. The number of hydrogen-bond donors (Lipinski definition) is 1. The van der Waals surface area contributed by atoms with Gasteiger partial charge in [-0.15, -0.1) is 0 Å². The number of nitrogens with two attached hydrogens (primary N) is 1. The fraction of sp³-hybridized carbons (Fsp3) is 0.400. The molecule has 1 heterocycles. The molecule has 0 bridgehead atoms. The van der Waals surface area contributed by atoms with Gasteiger partial charge in [-0.3, -0.25) is 4.79 Å². The van der Waals surface area contributed by atoms with Crippen molar-refractivity contribution >= 4 is 5.91 Å². The fourth-order valence-corrected chi connectivity index (χ4v) is 2.67. The molecule has 0 atom stereocenters. The summed E-state index contributed by atoms with van der Waals surface area (Å²) in [7, 11) is 0. The first kappa shape index (κ1) is 18.0. The number of nitrogens with zero attached hydrogens (tertiary/aromatic N) is 1. The average molecular weight is 326 g/mol. The Hall–Kier alpha value is -2.36. The lowest BCUT2D eigenvalue weighted by atomic mass is 9.91. The van der Waals surface area contributed by atoms with Gasteiger partial charge in [0.05, 0.1) is 0 Å². The molecule has 4 nitrogen and oxygen atoms in total. The smallest absolute Gasteiger partial charge is 0.254 e. The van der Waals surface area contributed by atoms with Crippen LogP contribution in [0.3, 0.4) is 0 Å². The molecule has 0 aliphatic rings. The number of aryl methyl sites for hydroxylation is 3. The van der Waals surface area contributed by atoms with Gasteiger partial charge in [0.2, 0.25) is 5.88 Å². The second kappa shape index (κ2) is 6.63. The lowest BCUT2D eigenvalue weighted by Gasteiger charge is -2.20. The molecule has 2 N–H and O–H groups in total. The highest BCUT2D eigenvalue weighted by Crippen LogP contribution is 2.33. The van der Waals surface area contributed by atoms with E-state index < -0.39 is 5.91 Å². The van der Waals surface area contributed by atoms with Crippen LogP contribution in [0.15, 0.2) is 24.3 Å². The topological polar surface area (TPSA) is 65.2 Å². The minimum Gasteiger partial charge on any atom is -0.438 e. The lowest BCUT2D eigenvalue weighted by Crippen LogP contribution is -2.18. The van der Waals surface area contributed by atoms with Crippen LogP contribution in [0.5, 0.6) is 11.6 Å². The van der Waals surface area contributed by atoms with Gasteiger partial charge in [-0.2, -0.15) is 0 Å². The highest BCUT2D eigenvalue weighted by Gasteiger charge is 2.21. The van der Waals surface area contributed by atoms with Crippen molar-refractivity contribution in [3.05, 3.63) is 52.2 Å². The van der Waals surface area contributed by atoms with Crippen LogP contribution in [0.1, 0.15) is 60.4 Å². The summed E-state index contributed by atoms with van der Waals surface area (Å²) in [5.74, 6) is 0.488. The Morgan fingerprint density at radius 2 is 1.88 bits per heavy atom. The van der Waals surface area contributed by atoms with Crippen LogP contribution in [0.2, 0.25) is 0 Å². The summed E-state index contributed by atoms with van der Waals surface area (Å²) < 4.78 is 6.10. The molecule has 1 aromatic carbocycles. The largest absolute Gasteiger partial charge is 0.438 e. The molecule has 0 spiro atoms. The van der Waals surface area contributed by atoms with Gasteiger partial charge in [-0.05, 0) is 43.5 Å². The molecule has 1 aromatic heterocycles. The van der Waals surface area contributed by atoms with E-state index in [2.05, 4.69) is 51.7 Å². The monoisotopic (exact) mass is 326 g/mol. The molecule has 24 heavy (non-hydrogen) atoms. The van der Waals surface area contributed by atoms with Gasteiger partial charge in [0.25, 0.3) is 5.91 Å². The summed E-state index contributed by atoms with van der Waals surface area (Å²) in [5.41, 5.74) is 9.79. The molecule has 2 rings (SSSR count). The maximum Gasteiger partial charge on any atom is 0.254 e. The van der Waals surface area contributed by atoms with Crippen molar-refractivity contribution in [3.8, 4) is 11.6 Å². The molecule has 0 fully saturated rings. The molecular weight excluding hydrogens is 300 g/mol. The number of ether oxygens (including phenoxy) is 1. The van der Waals surface area contributed by atoms with E-state index >= 15 is 0 Å². The average Bonchev–Trinajstić information content (AvgIpc) is 2.48. The van der Waals surface area contributed by atoms with E-state index in [0.29, 0.717) is 5.56 Å². The van der Waals surface area contributed by atoms with Crippen LogP contribution in [-0.2, 0) is 11.8 Å². The Morgan fingerprint density at radius 3 is 2.42 bits per heavy atom. The quantitative estimate of drug-likeness (QED) is 0.902. The van der Waals surface area contributed by atoms with E-state index in [-0.39, 0.29) is 11.3 Å². The van der Waals surface area contributed by atoms with Crippen LogP contribution >= 0.6 is 0 Å². The maximum atomic E-state index is 11.8. The molecule has 128 valence electrons. The number of primary amides is 1. The third-order valence-electron chi connectivity index (χ3n) is 3.97. The van der Waals surface area contributed by atoms with Crippen molar-refractivity contribution < 1.29 is 9.53 Å². The van der Waals surface area contributed by atoms with Crippen molar-refractivity contribution in [2.45, 2.75) is 53.4 Å². The van der Waals surface area contributed by atoms with Gasteiger partial charge in [0.15, 0.2) is 0 Å². The summed E-state index contributed by atoms with van der Waals surface area (Å²) >= 11 is 0. The fourth-order valence-electron chi connectivity index (χ4n) is 2.67. The Bertz CT molecular complexity index is 774. The van der Waals surface area contributed by atoms with Crippen LogP contribution < -0.4 is 10.5 Å². The van der Waals surface area contributed by atoms with E-state index in [1.54, 1.807) is 6.07 Å². The number of aromatic nitrogens is 1. The Kier molecular flexibility index (Phi) is 4.97. The third-order valence-corrected chi connectivity index (χ3v) is 3.97. The highest BCUT2D eigenvalue weighted by atomic mass is 16.5. The summed E-state index contributed by atoms with van der Waals surface area (Å²) in [6.45, 7) is 12.3. The minimum atomic E-state index is -0.541. The summed E-state index contributed by atoms with van der Waals surface area (Å²) in [5, 5.41) is 0. The number of rotatable bonds is 4. The first-order valence-corrected chi connectivity index (χ1v) is 8.22. The molecule has 2 aromatic rings. The Labute approximate surface area is 144 Å². The molecule has 0 saturated heterocycles. The first-order chi connectivity index (χ1) is 11.1. The molecule has 0 aliphatic carbocycles. The van der Waals surface area contributed by atoms with E-state index in [4.69, 9.17) is 10.5 Å². The predicted molar refractivity (Wildman–Crippen MR) is 96.8 cm³/mol. The standard InChI is InChI=1S/C20H26N2O2/c1-7-14-11-12(2)10-13(3)17(14)24-19-15(18(21)23)8-9-16(22-19)20(4,5)6/h8-11H,7H2,1-6H3,(H2,21,23). The minimum absolute atomic E-state index is 0.149. The molecule has 0 unspecified atom stereocenters.